The average molecular weight is 316 g/mol. The Bertz CT molecular complexity index is 680. The second kappa shape index (κ2) is 5.43. The number of carbonyl (C=O) groups excluding carboxylic acids is 1. The van der Waals surface area contributed by atoms with Crippen molar-refractivity contribution < 1.29 is 9.72 Å². The van der Waals surface area contributed by atoms with Crippen LogP contribution in [-0.2, 0) is 7.05 Å². The van der Waals surface area contributed by atoms with Crippen LogP contribution in [0.1, 0.15) is 10.5 Å². The number of rotatable bonds is 3. The number of hydrogen-bond donors (Lipinski definition) is 1. The molecule has 104 valence electrons. The minimum atomic E-state index is -0.588. The van der Waals surface area contributed by atoms with Crippen LogP contribution >= 0.6 is 23.2 Å². The molecule has 0 saturated carbocycles. The van der Waals surface area contributed by atoms with Crippen molar-refractivity contribution in [2.75, 3.05) is 5.32 Å². The van der Waals surface area contributed by atoms with Gasteiger partial charge in [-0.15, -0.1) is 0 Å². The summed E-state index contributed by atoms with van der Waals surface area (Å²) in [5, 5.41) is 13.1. The van der Waals surface area contributed by atoms with Crippen LogP contribution in [-0.4, -0.2) is 25.4 Å². The molecule has 2 rings (SSSR count). The zero-order chi connectivity index (χ0) is 14.9. The van der Waals surface area contributed by atoms with Gasteiger partial charge in [0.2, 0.25) is 5.28 Å². The molecule has 0 spiro atoms. The van der Waals surface area contributed by atoms with E-state index in [1.807, 2.05) is 0 Å². The highest BCUT2D eigenvalue weighted by atomic mass is 35.5. The molecule has 0 aliphatic carbocycles. The van der Waals surface area contributed by atoms with Gasteiger partial charge in [-0.05, 0) is 22.6 Å². The molecule has 0 saturated heterocycles. The highest BCUT2D eigenvalue weighted by Gasteiger charge is 2.21. The molecule has 10 heteroatoms. The van der Waals surface area contributed by atoms with Gasteiger partial charge in [0.1, 0.15) is 11.0 Å². The van der Waals surface area contributed by atoms with Crippen molar-refractivity contribution in [3.63, 3.8) is 0 Å². The van der Waals surface area contributed by atoms with Gasteiger partial charge >= 0.3 is 5.82 Å². The zero-order valence-corrected chi connectivity index (χ0v) is 11.5. The average Bonchev–Trinajstić information content (AvgIpc) is 2.69. The number of nitro groups is 1. The lowest BCUT2D eigenvalue weighted by Gasteiger charge is -2.04. The van der Waals surface area contributed by atoms with Crippen LogP contribution in [0.3, 0.4) is 0 Å². The quantitative estimate of drug-likeness (QED) is 0.405. The summed E-state index contributed by atoms with van der Waals surface area (Å²) in [6.07, 6.45) is 0. The molecule has 1 N–H and O–H groups in total. The van der Waals surface area contributed by atoms with Gasteiger partial charge in [-0.25, -0.2) is 14.5 Å². The van der Waals surface area contributed by atoms with Crippen molar-refractivity contribution in [2.24, 2.45) is 7.05 Å². The van der Waals surface area contributed by atoms with Crippen molar-refractivity contribution in [1.82, 2.24) is 14.5 Å². The minimum absolute atomic E-state index is 0.0677. The Morgan fingerprint density at radius 3 is 2.65 bits per heavy atom. The van der Waals surface area contributed by atoms with Gasteiger partial charge in [-0.1, -0.05) is 11.6 Å². The van der Waals surface area contributed by atoms with Gasteiger partial charge in [0.15, 0.2) is 5.69 Å². The van der Waals surface area contributed by atoms with E-state index in [9.17, 15) is 14.9 Å². The summed E-state index contributed by atoms with van der Waals surface area (Å²) in [6, 6.07) is 3.87. The minimum Gasteiger partial charge on any atom is -0.358 e. The SMILES string of the molecule is Cn1c(C(=O)Nc2cc(Cl)nc(Cl)n2)ccc1[N+](=O)[O-]. The monoisotopic (exact) mass is 315 g/mol. The molecule has 0 bridgehead atoms. The standard InChI is InChI=1S/C10H7Cl2N5O3/c1-16-5(2-3-8(16)17(19)20)9(18)14-7-4-6(11)13-10(12)15-7/h2-4H,1H3,(H,13,14,15,18). The number of hydrogen-bond acceptors (Lipinski definition) is 5. The van der Waals surface area contributed by atoms with E-state index < -0.39 is 10.8 Å². The Labute approximate surface area is 122 Å². The maximum Gasteiger partial charge on any atom is 0.323 e. The molecule has 2 aromatic heterocycles. The first-order chi connectivity index (χ1) is 9.38. The van der Waals surface area contributed by atoms with Crippen LogP contribution in [0, 0.1) is 10.1 Å². The first-order valence-electron chi connectivity index (χ1n) is 5.20. The molecule has 8 nitrogen and oxygen atoms in total. The summed E-state index contributed by atoms with van der Waals surface area (Å²) in [6.45, 7) is 0. The number of nitrogens with zero attached hydrogens (tertiary/aromatic N) is 4. The zero-order valence-electron chi connectivity index (χ0n) is 10.0. The summed E-state index contributed by atoms with van der Waals surface area (Å²) in [7, 11) is 1.41. The Kier molecular flexibility index (Phi) is 3.86. The lowest BCUT2D eigenvalue weighted by molar-refractivity contribution is -0.391. The molecule has 2 aromatic rings. The smallest absolute Gasteiger partial charge is 0.323 e. The van der Waals surface area contributed by atoms with Crippen LogP contribution < -0.4 is 5.32 Å². The highest BCUT2D eigenvalue weighted by Crippen LogP contribution is 2.18. The van der Waals surface area contributed by atoms with Crippen LogP contribution in [0.4, 0.5) is 11.6 Å². The van der Waals surface area contributed by atoms with E-state index in [0.29, 0.717) is 0 Å². The lowest BCUT2D eigenvalue weighted by atomic mass is 10.4. The van der Waals surface area contributed by atoms with Crippen molar-refractivity contribution in [1.29, 1.82) is 0 Å². The fourth-order valence-corrected chi connectivity index (χ4v) is 1.95. The second-order valence-corrected chi connectivity index (χ2v) is 4.42. The molecular weight excluding hydrogens is 309 g/mol. The largest absolute Gasteiger partial charge is 0.358 e. The summed E-state index contributed by atoms with van der Waals surface area (Å²) in [5.41, 5.74) is 0.0996. The third-order valence-electron chi connectivity index (χ3n) is 2.42. The van der Waals surface area contributed by atoms with Crippen LogP contribution in [0.5, 0.6) is 0 Å². The van der Waals surface area contributed by atoms with Crippen molar-refractivity contribution in [3.8, 4) is 0 Å². The fourth-order valence-electron chi connectivity index (χ4n) is 1.55. The molecule has 0 unspecified atom stereocenters. The number of aromatic nitrogens is 3. The van der Waals surface area contributed by atoms with Gasteiger partial charge < -0.3 is 15.4 Å². The summed E-state index contributed by atoms with van der Waals surface area (Å²) >= 11 is 11.3. The summed E-state index contributed by atoms with van der Waals surface area (Å²) in [4.78, 5) is 29.5. The van der Waals surface area contributed by atoms with E-state index in [1.54, 1.807) is 0 Å². The number of halogens is 2. The molecule has 1 amide bonds. The van der Waals surface area contributed by atoms with E-state index in [2.05, 4.69) is 15.3 Å². The van der Waals surface area contributed by atoms with Crippen LogP contribution in [0.2, 0.25) is 10.4 Å². The maximum atomic E-state index is 12.0. The van der Waals surface area contributed by atoms with Gasteiger partial charge in [0.05, 0.1) is 7.05 Å². The van der Waals surface area contributed by atoms with Crippen LogP contribution in [0.25, 0.3) is 0 Å². The molecule has 0 aliphatic heterocycles. The van der Waals surface area contributed by atoms with Gasteiger partial charge in [0, 0.05) is 12.1 Å². The molecule has 0 aliphatic rings. The predicted octanol–water partition coefficient (Wildman–Crippen LogP) is 2.28. The predicted molar refractivity (Wildman–Crippen MR) is 72.1 cm³/mol. The molecule has 0 fully saturated rings. The van der Waals surface area contributed by atoms with E-state index in [4.69, 9.17) is 23.2 Å². The number of nitrogens with one attached hydrogen (secondary N) is 1. The Morgan fingerprint density at radius 2 is 2.10 bits per heavy atom. The summed E-state index contributed by atoms with van der Waals surface area (Å²) in [5.74, 6) is -0.677. The topological polar surface area (TPSA) is 103 Å². The Hall–Kier alpha value is -2.19. The molecule has 0 radical (unpaired) electrons. The normalized spacial score (nSPS) is 10.3. The third kappa shape index (κ3) is 2.86. The van der Waals surface area contributed by atoms with Gasteiger partial charge in [-0.2, -0.15) is 0 Å². The Balaban J connectivity index is 2.26. The van der Waals surface area contributed by atoms with Gasteiger partial charge in [-0.3, -0.25) is 4.79 Å². The first kappa shape index (κ1) is 14.2. The lowest BCUT2D eigenvalue weighted by Crippen LogP contribution is -2.17. The number of amides is 1. The van der Waals surface area contributed by atoms with Crippen molar-refractivity contribution >= 4 is 40.7 Å². The number of anilines is 1. The van der Waals surface area contributed by atoms with Gasteiger partial charge in [0.25, 0.3) is 5.91 Å². The summed E-state index contributed by atoms with van der Waals surface area (Å²) < 4.78 is 1.15. The molecule has 0 atom stereocenters. The fraction of sp³-hybridized carbons (Fsp3) is 0.100. The molecule has 20 heavy (non-hydrogen) atoms. The van der Waals surface area contributed by atoms with Crippen LogP contribution in [0.15, 0.2) is 18.2 Å². The van der Waals surface area contributed by atoms with E-state index in [1.165, 1.54) is 25.2 Å². The first-order valence-corrected chi connectivity index (χ1v) is 5.95. The molecular formula is C10H7Cl2N5O3. The highest BCUT2D eigenvalue weighted by molar-refractivity contribution is 6.32. The van der Waals surface area contributed by atoms with Crippen molar-refractivity contribution in [3.05, 3.63) is 44.4 Å². The van der Waals surface area contributed by atoms with E-state index >= 15 is 0 Å². The Morgan fingerprint density at radius 1 is 1.40 bits per heavy atom. The van der Waals surface area contributed by atoms with E-state index in [0.717, 1.165) is 4.57 Å². The maximum absolute atomic E-state index is 12.0. The molecule has 2 heterocycles. The molecule has 0 aromatic carbocycles. The second-order valence-electron chi connectivity index (χ2n) is 3.69. The number of carbonyl (C=O) groups is 1. The van der Waals surface area contributed by atoms with Crippen molar-refractivity contribution in [2.45, 2.75) is 0 Å². The van der Waals surface area contributed by atoms with E-state index in [-0.39, 0.29) is 27.8 Å². The third-order valence-corrected chi connectivity index (χ3v) is 2.79.